The number of carbonyl (C=O) groups excluding carboxylic acids is 2. The van der Waals surface area contributed by atoms with Gasteiger partial charge in [-0.25, -0.2) is 4.79 Å². The largest absolute Gasteiger partial charge is 0.415 e. The Bertz CT molecular complexity index is 736. The van der Waals surface area contributed by atoms with Crippen molar-refractivity contribution in [1.82, 2.24) is 9.88 Å². The number of rotatable bonds is 4. The Kier molecular flexibility index (Phi) is 5.57. The van der Waals surface area contributed by atoms with Crippen molar-refractivity contribution in [2.45, 2.75) is 12.8 Å². The van der Waals surface area contributed by atoms with E-state index >= 15 is 0 Å². The first-order valence-corrected chi connectivity index (χ1v) is 8.36. The Labute approximate surface area is 146 Å². The minimum Gasteiger partial charge on any atom is -0.409 e. The van der Waals surface area contributed by atoms with Gasteiger partial charge in [-0.3, -0.25) is 9.78 Å². The van der Waals surface area contributed by atoms with Gasteiger partial charge in [0.25, 0.3) is 0 Å². The van der Waals surface area contributed by atoms with Gasteiger partial charge in [-0.05, 0) is 36.6 Å². The second kappa shape index (κ2) is 8.24. The van der Waals surface area contributed by atoms with Crippen LogP contribution >= 0.6 is 0 Å². The zero-order valence-corrected chi connectivity index (χ0v) is 13.9. The van der Waals surface area contributed by atoms with Crippen LogP contribution in [0.4, 0.5) is 4.79 Å². The van der Waals surface area contributed by atoms with Gasteiger partial charge in [0.2, 0.25) is 0 Å². The van der Waals surface area contributed by atoms with Crippen LogP contribution < -0.4 is 4.74 Å². The number of nitrogens with zero attached hydrogens (tertiary/aromatic N) is 2. The maximum Gasteiger partial charge on any atom is 0.415 e. The van der Waals surface area contributed by atoms with E-state index in [1.54, 1.807) is 29.3 Å². The molecule has 1 aliphatic rings. The zero-order valence-electron chi connectivity index (χ0n) is 13.9. The van der Waals surface area contributed by atoms with Gasteiger partial charge in [-0.15, -0.1) is 0 Å². The molecule has 1 fully saturated rings. The number of aromatic nitrogens is 1. The van der Waals surface area contributed by atoms with Gasteiger partial charge in [0.15, 0.2) is 11.5 Å². The van der Waals surface area contributed by atoms with E-state index < -0.39 is 6.09 Å². The molecular formula is C20H20N2O3. The summed E-state index contributed by atoms with van der Waals surface area (Å²) in [6.45, 7) is 1.04. The molecule has 2 aromatic rings. The topological polar surface area (TPSA) is 59.5 Å². The van der Waals surface area contributed by atoms with Gasteiger partial charge in [0.05, 0.1) is 6.20 Å². The molecule has 0 atom stereocenters. The third-order valence-corrected chi connectivity index (χ3v) is 4.23. The highest BCUT2D eigenvalue weighted by Gasteiger charge is 2.27. The van der Waals surface area contributed by atoms with Gasteiger partial charge in [-0.2, -0.15) is 0 Å². The highest BCUT2D eigenvalue weighted by molar-refractivity contribution is 5.95. The summed E-state index contributed by atoms with van der Waals surface area (Å²) < 4.78 is 5.28. The summed E-state index contributed by atoms with van der Waals surface area (Å²) in [5.74, 6) is 0.503. The Morgan fingerprint density at radius 2 is 1.84 bits per heavy atom. The number of hydrogen-bond donors (Lipinski definition) is 0. The van der Waals surface area contributed by atoms with Crippen LogP contribution in [0.3, 0.4) is 0 Å². The first kappa shape index (κ1) is 16.9. The molecule has 1 aromatic heterocycles. The van der Waals surface area contributed by atoms with Gasteiger partial charge in [-0.1, -0.05) is 36.4 Å². The monoisotopic (exact) mass is 336 g/mol. The predicted molar refractivity (Wildman–Crippen MR) is 95.0 cm³/mol. The van der Waals surface area contributed by atoms with Crippen molar-refractivity contribution in [1.29, 1.82) is 0 Å². The summed E-state index contributed by atoms with van der Waals surface area (Å²) in [5, 5.41) is 0. The van der Waals surface area contributed by atoms with E-state index in [4.69, 9.17) is 4.74 Å². The number of benzene rings is 1. The van der Waals surface area contributed by atoms with Crippen LogP contribution in [0.25, 0.3) is 6.08 Å². The predicted octanol–water partition coefficient (Wildman–Crippen LogP) is 3.57. The molecule has 2 heterocycles. The van der Waals surface area contributed by atoms with Crippen LogP contribution in [0.5, 0.6) is 5.75 Å². The number of hydrogen-bond acceptors (Lipinski definition) is 4. The molecule has 128 valence electrons. The molecule has 1 saturated heterocycles. The fraction of sp³-hybridized carbons (Fsp3) is 0.250. The number of piperidine rings is 1. The lowest BCUT2D eigenvalue weighted by Crippen LogP contribution is -2.41. The fourth-order valence-corrected chi connectivity index (χ4v) is 2.80. The normalized spacial score (nSPS) is 15.3. The molecule has 5 heteroatoms. The Hall–Kier alpha value is -2.95. The molecule has 0 aliphatic carbocycles. The smallest absolute Gasteiger partial charge is 0.409 e. The van der Waals surface area contributed by atoms with Crippen molar-refractivity contribution < 1.29 is 14.3 Å². The number of amides is 1. The first-order valence-electron chi connectivity index (χ1n) is 8.36. The summed E-state index contributed by atoms with van der Waals surface area (Å²) in [6, 6.07) is 13.1. The van der Waals surface area contributed by atoms with Gasteiger partial charge < -0.3 is 9.64 Å². The maximum atomic E-state index is 12.3. The molecule has 0 unspecified atom stereocenters. The quantitative estimate of drug-likeness (QED) is 0.801. The van der Waals surface area contributed by atoms with Crippen LogP contribution in [-0.4, -0.2) is 34.8 Å². The molecule has 0 radical (unpaired) electrons. The minimum atomic E-state index is -0.390. The lowest BCUT2D eigenvalue weighted by molar-refractivity contribution is -0.119. The van der Waals surface area contributed by atoms with Crippen LogP contribution in [0.15, 0.2) is 60.9 Å². The maximum absolute atomic E-state index is 12.3. The standard InChI is InChI=1S/C20H20N2O3/c23-19(9-8-16-5-2-1-3-6-16)17-10-13-22(14-11-17)20(24)25-18-7-4-12-21-15-18/h1-9,12,15,17H,10-11,13-14H2/b9-8+. The van der Waals surface area contributed by atoms with E-state index in [-0.39, 0.29) is 11.7 Å². The molecular weight excluding hydrogens is 316 g/mol. The lowest BCUT2D eigenvalue weighted by atomic mass is 9.92. The number of pyridine rings is 1. The number of ether oxygens (including phenoxy) is 1. The third kappa shape index (κ3) is 4.76. The molecule has 0 N–H and O–H groups in total. The Morgan fingerprint density at radius 3 is 2.52 bits per heavy atom. The van der Waals surface area contributed by atoms with Crippen molar-refractivity contribution in [2.75, 3.05) is 13.1 Å². The van der Waals surface area contributed by atoms with Crippen LogP contribution in [-0.2, 0) is 4.79 Å². The molecule has 5 nitrogen and oxygen atoms in total. The number of carbonyl (C=O) groups is 2. The molecule has 0 bridgehead atoms. The fourth-order valence-electron chi connectivity index (χ4n) is 2.80. The number of ketones is 1. The highest BCUT2D eigenvalue weighted by Crippen LogP contribution is 2.20. The summed E-state index contributed by atoms with van der Waals surface area (Å²) in [6.07, 6.45) is 7.52. The molecule has 1 aliphatic heterocycles. The number of allylic oxidation sites excluding steroid dienone is 1. The Balaban J connectivity index is 1.49. The van der Waals surface area contributed by atoms with Crippen molar-refractivity contribution in [3.05, 3.63) is 66.5 Å². The average Bonchev–Trinajstić information content (AvgIpc) is 2.68. The van der Waals surface area contributed by atoms with E-state index in [0.29, 0.717) is 31.7 Å². The van der Waals surface area contributed by atoms with Gasteiger partial charge in [0, 0.05) is 25.2 Å². The molecule has 1 aromatic carbocycles. The SMILES string of the molecule is O=C(/C=C/c1ccccc1)C1CCN(C(=O)Oc2cccnc2)CC1. The summed E-state index contributed by atoms with van der Waals surface area (Å²) in [5.41, 5.74) is 1.01. The van der Waals surface area contributed by atoms with Crippen molar-refractivity contribution in [2.24, 2.45) is 5.92 Å². The molecule has 0 spiro atoms. The highest BCUT2D eigenvalue weighted by atomic mass is 16.6. The van der Waals surface area contributed by atoms with E-state index in [2.05, 4.69) is 4.98 Å². The molecule has 1 amide bonds. The Morgan fingerprint density at radius 1 is 1.08 bits per heavy atom. The summed E-state index contributed by atoms with van der Waals surface area (Å²) >= 11 is 0. The molecule has 0 saturated carbocycles. The summed E-state index contributed by atoms with van der Waals surface area (Å²) in [7, 11) is 0. The first-order chi connectivity index (χ1) is 12.2. The summed E-state index contributed by atoms with van der Waals surface area (Å²) in [4.78, 5) is 30.0. The lowest BCUT2D eigenvalue weighted by Gasteiger charge is -2.30. The minimum absolute atomic E-state index is 0.0394. The van der Waals surface area contributed by atoms with E-state index in [1.165, 1.54) is 6.20 Å². The van der Waals surface area contributed by atoms with Crippen molar-refractivity contribution in [3.63, 3.8) is 0 Å². The van der Waals surface area contributed by atoms with Crippen LogP contribution in [0.2, 0.25) is 0 Å². The van der Waals surface area contributed by atoms with Gasteiger partial charge in [0.1, 0.15) is 0 Å². The van der Waals surface area contributed by atoms with Crippen LogP contribution in [0, 0.1) is 5.92 Å². The van der Waals surface area contributed by atoms with E-state index in [0.717, 1.165) is 5.56 Å². The van der Waals surface area contributed by atoms with E-state index in [9.17, 15) is 9.59 Å². The van der Waals surface area contributed by atoms with E-state index in [1.807, 2.05) is 36.4 Å². The molecule has 25 heavy (non-hydrogen) atoms. The zero-order chi connectivity index (χ0) is 17.5. The second-order valence-electron chi connectivity index (χ2n) is 5.96. The van der Waals surface area contributed by atoms with Crippen molar-refractivity contribution in [3.8, 4) is 5.75 Å². The number of likely N-dealkylation sites (tertiary alicyclic amines) is 1. The molecule has 3 rings (SSSR count). The van der Waals surface area contributed by atoms with Gasteiger partial charge >= 0.3 is 6.09 Å². The van der Waals surface area contributed by atoms with Crippen LogP contribution in [0.1, 0.15) is 18.4 Å². The second-order valence-corrected chi connectivity index (χ2v) is 5.96. The third-order valence-electron chi connectivity index (χ3n) is 4.23. The average molecular weight is 336 g/mol. The van der Waals surface area contributed by atoms with Crippen molar-refractivity contribution >= 4 is 18.0 Å².